The summed E-state index contributed by atoms with van der Waals surface area (Å²) in [4.78, 5) is 33.3. The molecule has 0 aliphatic heterocycles. The standard InChI is InChI=1S/C27H29N3O3S2/c1-6-7-22-18(4)24-25(35-22)29-27(30(26(24)32)19-10-12-20(33-5)13-11-19)34-15-23(31)28-21-14-16(2)8-9-17(21)3/h8-14H,6-7,15H2,1-5H3,(H,28,31). The number of nitrogens with zero attached hydrogens (tertiary/aromatic N) is 2. The Morgan fingerprint density at radius 3 is 2.57 bits per heavy atom. The normalized spacial score (nSPS) is 11.1. The van der Waals surface area contributed by atoms with Gasteiger partial charge in [-0.05, 0) is 74.2 Å². The summed E-state index contributed by atoms with van der Waals surface area (Å²) in [6, 6.07) is 13.3. The van der Waals surface area contributed by atoms with E-state index in [0.717, 1.165) is 40.0 Å². The van der Waals surface area contributed by atoms with Crippen molar-refractivity contribution < 1.29 is 9.53 Å². The number of nitrogens with one attached hydrogen (secondary N) is 1. The second kappa shape index (κ2) is 10.7. The molecule has 182 valence electrons. The van der Waals surface area contributed by atoms with Gasteiger partial charge in [0.05, 0.1) is 23.9 Å². The fourth-order valence-electron chi connectivity index (χ4n) is 3.92. The van der Waals surface area contributed by atoms with Gasteiger partial charge in [-0.1, -0.05) is 37.2 Å². The van der Waals surface area contributed by atoms with Crippen molar-refractivity contribution in [1.29, 1.82) is 0 Å². The van der Waals surface area contributed by atoms with Crippen molar-refractivity contribution in [2.75, 3.05) is 18.2 Å². The lowest BCUT2D eigenvalue weighted by atomic mass is 10.1. The third-order valence-electron chi connectivity index (χ3n) is 5.84. The number of aromatic nitrogens is 2. The maximum Gasteiger partial charge on any atom is 0.267 e. The van der Waals surface area contributed by atoms with Crippen LogP contribution >= 0.6 is 23.1 Å². The highest BCUT2D eigenvalue weighted by Crippen LogP contribution is 2.31. The fraction of sp³-hybridized carbons (Fsp3) is 0.296. The van der Waals surface area contributed by atoms with Crippen molar-refractivity contribution in [3.8, 4) is 11.4 Å². The van der Waals surface area contributed by atoms with Crippen LogP contribution in [0.4, 0.5) is 5.69 Å². The van der Waals surface area contributed by atoms with Crippen LogP contribution in [0.25, 0.3) is 15.9 Å². The summed E-state index contributed by atoms with van der Waals surface area (Å²) in [6.45, 7) is 8.08. The zero-order chi connectivity index (χ0) is 25.1. The Morgan fingerprint density at radius 2 is 1.89 bits per heavy atom. The van der Waals surface area contributed by atoms with Gasteiger partial charge < -0.3 is 10.1 Å². The van der Waals surface area contributed by atoms with Crippen LogP contribution in [-0.2, 0) is 11.2 Å². The molecule has 1 amide bonds. The number of carbonyl (C=O) groups excluding carboxylic acids is 1. The number of thiophene rings is 1. The van der Waals surface area contributed by atoms with E-state index in [9.17, 15) is 9.59 Å². The first-order chi connectivity index (χ1) is 16.8. The molecule has 0 spiro atoms. The highest BCUT2D eigenvalue weighted by atomic mass is 32.2. The molecule has 35 heavy (non-hydrogen) atoms. The molecule has 0 saturated carbocycles. The Hall–Kier alpha value is -3.10. The van der Waals surface area contributed by atoms with Crippen LogP contribution in [0.15, 0.2) is 52.4 Å². The molecule has 1 N–H and O–H groups in total. The summed E-state index contributed by atoms with van der Waals surface area (Å²) in [5.41, 5.74) is 4.44. The van der Waals surface area contributed by atoms with Crippen molar-refractivity contribution in [2.24, 2.45) is 0 Å². The van der Waals surface area contributed by atoms with Gasteiger partial charge in [0.15, 0.2) is 5.16 Å². The number of carbonyl (C=O) groups is 1. The summed E-state index contributed by atoms with van der Waals surface area (Å²) < 4.78 is 6.88. The van der Waals surface area contributed by atoms with Crippen LogP contribution in [0.5, 0.6) is 5.75 Å². The van der Waals surface area contributed by atoms with Gasteiger partial charge in [0.2, 0.25) is 5.91 Å². The van der Waals surface area contributed by atoms with E-state index >= 15 is 0 Å². The zero-order valence-electron chi connectivity index (χ0n) is 20.6. The Kier molecular flexibility index (Phi) is 7.62. The minimum absolute atomic E-state index is 0.117. The van der Waals surface area contributed by atoms with E-state index in [-0.39, 0.29) is 17.2 Å². The van der Waals surface area contributed by atoms with Crippen LogP contribution in [0.1, 0.15) is 34.9 Å². The van der Waals surface area contributed by atoms with Crippen LogP contribution in [0, 0.1) is 20.8 Å². The molecule has 8 heteroatoms. The highest BCUT2D eigenvalue weighted by molar-refractivity contribution is 7.99. The SMILES string of the molecule is CCCc1sc2nc(SCC(=O)Nc3cc(C)ccc3C)n(-c3ccc(OC)cc3)c(=O)c2c1C. The first-order valence-electron chi connectivity index (χ1n) is 11.5. The third kappa shape index (κ3) is 5.28. The van der Waals surface area contributed by atoms with Crippen LogP contribution < -0.4 is 15.6 Å². The number of ether oxygens (including phenoxy) is 1. The number of anilines is 1. The molecular weight excluding hydrogens is 478 g/mol. The van der Waals surface area contributed by atoms with E-state index in [2.05, 4.69) is 12.2 Å². The Morgan fingerprint density at radius 1 is 1.14 bits per heavy atom. The van der Waals surface area contributed by atoms with Gasteiger partial charge in [-0.15, -0.1) is 11.3 Å². The molecule has 0 saturated heterocycles. The molecule has 0 fully saturated rings. The van der Waals surface area contributed by atoms with Gasteiger partial charge in [0, 0.05) is 10.6 Å². The monoisotopic (exact) mass is 507 g/mol. The van der Waals surface area contributed by atoms with E-state index in [0.29, 0.717) is 22.0 Å². The van der Waals surface area contributed by atoms with E-state index in [1.54, 1.807) is 23.0 Å². The Balaban J connectivity index is 1.72. The lowest BCUT2D eigenvalue weighted by molar-refractivity contribution is -0.113. The van der Waals surface area contributed by atoms with Gasteiger partial charge in [0.1, 0.15) is 10.6 Å². The lowest BCUT2D eigenvalue weighted by Crippen LogP contribution is -2.23. The maximum atomic E-state index is 13.7. The van der Waals surface area contributed by atoms with Crippen LogP contribution in [0.3, 0.4) is 0 Å². The number of rotatable bonds is 8. The molecule has 0 aliphatic rings. The summed E-state index contributed by atoms with van der Waals surface area (Å²) in [5, 5.41) is 4.13. The second-order valence-corrected chi connectivity index (χ2v) is 10.5. The average Bonchev–Trinajstić information content (AvgIpc) is 3.15. The van der Waals surface area contributed by atoms with Gasteiger partial charge in [-0.3, -0.25) is 14.2 Å². The summed E-state index contributed by atoms with van der Waals surface area (Å²) in [5.74, 6) is 0.691. The Bertz CT molecular complexity index is 1440. The third-order valence-corrected chi connectivity index (χ3v) is 8.02. The number of aryl methyl sites for hydroxylation is 4. The van der Waals surface area contributed by atoms with Crippen LogP contribution in [-0.4, -0.2) is 28.3 Å². The summed E-state index contributed by atoms with van der Waals surface area (Å²) >= 11 is 2.83. The number of amides is 1. The van der Waals surface area contributed by atoms with Crippen molar-refractivity contribution in [3.05, 3.63) is 74.4 Å². The van der Waals surface area contributed by atoms with Crippen molar-refractivity contribution in [2.45, 2.75) is 45.7 Å². The number of hydrogen-bond acceptors (Lipinski definition) is 6. The molecule has 0 unspecified atom stereocenters. The lowest BCUT2D eigenvalue weighted by Gasteiger charge is -2.13. The topological polar surface area (TPSA) is 73.2 Å². The molecule has 0 atom stereocenters. The number of fused-ring (bicyclic) bond motifs is 1. The quantitative estimate of drug-likeness (QED) is 0.232. The number of thioether (sulfide) groups is 1. The summed E-state index contributed by atoms with van der Waals surface area (Å²) in [6.07, 6.45) is 1.91. The molecule has 4 aromatic rings. The smallest absolute Gasteiger partial charge is 0.267 e. The van der Waals surface area contributed by atoms with E-state index < -0.39 is 0 Å². The molecule has 0 radical (unpaired) electrons. The first-order valence-corrected chi connectivity index (χ1v) is 13.3. The van der Waals surface area contributed by atoms with Gasteiger partial charge in [0.25, 0.3) is 5.56 Å². The van der Waals surface area contributed by atoms with E-state index in [1.165, 1.54) is 16.6 Å². The largest absolute Gasteiger partial charge is 0.497 e. The van der Waals surface area contributed by atoms with Crippen molar-refractivity contribution in [3.63, 3.8) is 0 Å². The van der Waals surface area contributed by atoms with Gasteiger partial charge in [-0.2, -0.15) is 0 Å². The average molecular weight is 508 g/mol. The molecule has 2 aromatic carbocycles. The van der Waals surface area contributed by atoms with Crippen molar-refractivity contribution in [1.82, 2.24) is 9.55 Å². The van der Waals surface area contributed by atoms with Gasteiger partial charge >= 0.3 is 0 Å². The highest BCUT2D eigenvalue weighted by Gasteiger charge is 2.20. The minimum Gasteiger partial charge on any atom is -0.497 e. The summed E-state index contributed by atoms with van der Waals surface area (Å²) in [7, 11) is 1.61. The molecule has 2 aromatic heterocycles. The van der Waals surface area contributed by atoms with Crippen LogP contribution in [0.2, 0.25) is 0 Å². The fourth-order valence-corrected chi connectivity index (χ4v) is 6.05. The van der Waals surface area contributed by atoms with E-state index in [4.69, 9.17) is 9.72 Å². The zero-order valence-corrected chi connectivity index (χ0v) is 22.2. The number of benzene rings is 2. The second-order valence-electron chi connectivity index (χ2n) is 8.47. The van der Waals surface area contributed by atoms with Crippen molar-refractivity contribution >= 4 is 44.9 Å². The predicted molar refractivity (Wildman–Crippen MR) is 146 cm³/mol. The van der Waals surface area contributed by atoms with Gasteiger partial charge in [-0.25, -0.2) is 4.98 Å². The van der Waals surface area contributed by atoms with E-state index in [1.807, 2.05) is 63.2 Å². The molecule has 4 rings (SSSR count). The number of hydrogen-bond donors (Lipinski definition) is 1. The Labute approximate surface area is 213 Å². The number of methoxy groups -OCH3 is 1. The molecule has 0 aliphatic carbocycles. The molecule has 2 heterocycles. The molecule has 6 nitrogen and oxygen atoms in total. The predicted octanol–water partition coefficient (Wildman–Crippen LogP) is 6.06. The first kappa shape index (κ1) is 25.0. The minimum atomic E-state index is -0.145. The maximum absolute atomic E-state index is 13.7. The molecule has 0 bridgehead atoms. The molecular formula is C27H29N3O3S2.